The van der Waals surface area contributed by atoms with Crippen molar-refractivity contribution in [3.8, 4) is 33.4 Å². The van der Waals surface area contributed by atoms with Crippen molar-refractivity contribution in [1.29, 1.82) is 0 Å². The van der Waals surface area contributed by atoms with Crippen LogP contribution in [0.3, 0.4) is 0 Å². The van der Waals surface area contributed by atoms with Gasteiger partial charge in [-0.1, -0.05) is 147 Å². The standard InChI is InChI=1S/C43H33N.B/c1-43(2)39-20-12-11-19-38(39)41-40(43)29-34-17-9-10-18-37(34)42(41)44(35-25-21-32(22-26-35)30-13-5-3-6-14-30)36-27-23-33(24-28-36)31-15-7-4-8-16-31;/h3-29H,1-2H3;. The van der Waals surface area contributed by atoms with Gasteiger partial charge in [0, 0.05) is 36.2 Å². The van der Waals surface area contributed by atoms with Crippen molar-refractivity contribution in [2.24, 2.45) is 0 Å². The lowest BCUT2D eigenvalue weighted by molar-refractivity contribution is 0.661. The molecule has 7 aromatic carbocycles. The van der Waals surface area contributed by atoms with Crippen molar-refractivity contribution in [2.45, 2.75) is 19.3 Å². The number of hydrogen-bond donors (Lipinski definition) is 0. The first kappa shape index (κ1) is 28.4. The van der Waals surface area contributed by atoms with Crippen molar-refractivity contribution in [2.75, 3.05) is 4.90 Å². The van der Waals surface area contributed by atoms with Gasteiger partial charge in [-0.15, -0.1) is 0 Å². The Bertz CT molecular complexity index is 2030. The van der Waals surface area contributed by atoms with Gasteiger partial charge in [0.05, 0.1) is 5.69 Å². The molecule has 0 aromatic heterocycles. The Morgan fingerprint density at radius 2 is 0.911 bits per heavy atom. The molecular weight excluding hydrogens is 541 g/mol. The van der Waals surface area contributed by atoms with Gasteiger partial charge < -0.3 is 4.90 Å². The van der Waals surface area contributed by atoms with E-state index in [1.54, 1.807) is 0 Å². The molecule has 45 heavy (non-hydrogen) atoms. The number of benzene rings is 7. The van der Waals surface area contributed by atoms with Crippen LogP contribution >= 0.6 is 0 Å². The maximum Gasteiger partial charge on any atom is 0.0621 e. The van der Waals surface area contributed by atoms with Gasteiger partial charge in [-0.05, 0) is 74.7 Å². The zero-order valence-corrected chi connectivity index (χ0v) is 25.6. The average molecular weight is 575 g/mol. The second-order valence-electron chi connectivity index (χ2n) is 12.2. The maximum atomic E-state index is 2.48. The van der Waals surface area contributed by atoms with Gasteiger partial charge >= 0.3 is 0 Å². The monoisotopic (exact) mass is 574 g/mol. The summed E-state index contributed by atoms with van der Waals surface area (Å²) >= 11 is 0. The molecule has 8 rings (SSSR count). The Labute approximate surface area is 268 Å². The van der Waals surface area contributed by atoms with Gasteiger partial charge in [-0.25, -0.2) is 0 Å². The molecule has 1 nitrogen and oxygen atoms in total. The van der Waals surface area contributed by atoms with Crippen LogP contribution in [0.15, 0.2) is 164 Å². The van der Waals surface area contributed by atoms with E-state index < -0.39 is 0 Å². The summed E-state index contributed by atoms with van der Waals surface area (Å²) < 4.78 is 0. The Morgan fingerprint density at radius 3 is 1.49 bits per heavy atom. The van der Waals surface area contributed by atoms with Crippen LogP contribution in [0.1, 0.15) is 25.0 Å². The van der Waals surface area contributed by atoms with E-state index in [-0.39, 0.29) is 13.8 Å². The summed E-state index contributed by atoms with van der Waals surface area (Å²) in [4.78, 5) is 2.48. The maximum absolute atomic E-state index is 2.48. The molecule has 0 atom stereocenters. The van der Waals surface area contributed by atoms with Crippen molar-refractivity contribution in [1.82, 2.24) is 0 Å². The molecule has 0 heterocycles. The van der Waals surface area contributed by atoms with Gasteiger partial charge in [0.15, 0.2) is 0 Å². The van der Waals surface area contributed by atoms with E-state index in [0.29, 0.717) is 0 Å². The highest BCUT2D eigenvalue weighted by molar-refractivity contribution is 6.09. The Balaban J connectivity index is 0.00000325. The molecule has 3 radical (unpaired) electrons. The topological polar surface area (TPSA) is 3.24 Å². The molecule has 0 bridgehead atoms. The van der Waals surface area contributed by atoms with Crippen LogP contribution in [0.4, 0.5) is 17.1 Å². The average Bonchev–Trinajstić information content (AvgIpc) is 3.32. The third-order valence-corrected chi connectivity index (χ3v) is 9.25. The zero-order valence-electron chi connectivity index (χ0n) is 25.6. The van der Waals surface area contributed by atoms with Crippen molar-refractivity contribution >= 4 is 36.2 Å². The summed E-state index contributed by atoms with van der Waals surface area (Å²) in [5, 5.41) is 2.51. The predicted molar refractivity (Wildman–Crippen MR) is 193 cm³/mol. The lowest BCUT2D eigenvalue weighted by Crippen LogP contribution is -2.16. The summed E-state index contributed by atoms with van der Waals surface area (Å²) in [5.41, 5.74) is 13.7. The Hall–Kier alpha value is -5.34. The molecule has 0 N–H and O–H groups in total. The largest absolute Gasteiger partial charge is 0.309 e. The van der Waals surface area contributed by atoms with Gasteiger partial charge in [-0.3, -0.25) is 0 Å². The number of fused-ring (bicyclic) bond motifs is 4. The minimum Gasteiger partial charge on any atom is -0.309 e. The third kappa shape index (κ3) is 4.74. The summed E-state index contributed by atoms with van der Waals surface area (Å²) in [7, 11) is 0. The first-order chi connectivity index (χ1) is 21.6. The van der Waals surface area contributed by atoms with E-state index in [1.165, 1.54) is 61.0 Å². The van der Waals surface area contributed by atoms with Crippen molar-refractivity contribution in [3.05, 3.63) is 175 Å². The smallest absolute Gasteiger partial charge is 0.0621 e. The first-order valence-electron chi connectivity index (χ1n) is 15.4. The molecule has 0 saturated carbocycles. The molecule has 0 aliphatic heterocycles. The van der Waals surface area contributed by atoms with Gasteiger partial charge in [0.2, 0.25) is 0 Å². The molecule has 0 amide bonds. The highest BCUT2D eigenvalue weighted by Gasteiger charge is 2.38. The van der Waals surface area contributed by atoms with Crippen molar-refractivity contribution < 1.29 is 0 Å². The Morgan fingerprint density at radius 1 is 0.444 bits per heavy atom. The molecule has 0 saturated heterocycles. The fourth-order valence-corrected chi connectivity index (χ4v) is 6.99. The molecule has 0 unspecified atom stereocenters. The van der Waals surface area contributed by atoms with Gasteiger partial charge in [0.1, 0.15) is 0 Å². The molecule has 0 spiro atoms. The normalized spacial score (nSPS) is 12.7. The molecule has 1 aliphatic carbocycles. The molecular formula is C43H33BN. The van der Waals surface area contributed by atoms with Crippen LogP contribution in [0.25, 0.3) is 44.2 Å². The van der Waals surface area contributed by atoms with E-state index >= 15 is 0 Å². The number of rotatable bonds is 5. The van der Waals surface area contributed by atoms with Gasteiger partial charge in [0.25, 0.3) is 0 Å². The molecule has 7 aromatic rings. The number of anilines is 3. The zero-order chi connectivity index (χ0) is 29.7. The summed E-state index contributed by atoms with van der Waals surface area (Å²) in [6, 6.07) is 59.5. The van der Waals surface area contributed by atoms with Crippen molar-refractivity contribution in [3.63, 3.8) is 0 Å². The van der Waals surface area contributed by atoms with E-state index in [1.807, 2.05) is 0 Å². The fraction of sp³-hybridized carbons (Fsp3) is 0.0698. The highest BCUT2D eigenvalue weighted by atomic mass is 15.1. The second kappa shape index (κ2) is 11.3. The Kier molecular flexibility index (Phi) is 7.14. The van der Waals surface area contributed by atoms with E-state index in [4.69, 9.17) is 0 Å². The SMILES string of the molecule is CC1(C)c2ccccc2-c2c1cc1ccccc1c2N(c1ccc(-c2ccccc2)cc1)c1ccc(-c2ccccc2)cc1.[B]. The molecule has 1 aliphatic rings. The molecule has 213 valence electrons. The number of hydrogen-bond acceptors (Lipinski definition) is 1. The van der Waals surface area contributed by atoms with Crippen LogP contribution in [0.5, 0.6) is 0 Å². The van der Waals surface area contributed by atoms with Crippen LogP contribution in [0.2, 0.25) is 0 Å². The summed E-state index contributed by atoms with van der Waals surface area (Å²) in [5.74, 6) is 0. The second-order valence-corrected chi connectivity index (χ2v) is 12.2. The predicted octanol–water partition coefficient (Wildman–Crippen LogP) is 11.6. The lowest BCUT2D eigenvalue weighted by atomic mass is 9.81. The van der Waals surface area contributed by atoms with Gasteiger partial charge in [-0.2, -0.15) is 0 Å². The van der Waals surface area contributed by atoms with Crippen LogP contribution < -0.4 is 4.90 Å². The number of nitrogens with zero attached hydrogens (tertiary/aromatic N) is 1. The molecule has 2 heteroatoms. The first-order valence-corrected chi connectivity index (χ1v) is 15.4. The third-order valence-electron chi connectivity index (χ3n) is 9.25. The van der Waals surface area contributed by atoms with E-state index in [2.05, 4.69) is 183 Å². The minimum atomic E-state index is -0.106. The molecule has 0 fully saturated rings. The van der Waals surface area contributed by atoms with E-state index in [9.17, 15) is 0 Å². The fourth-order valence-electron chi connectivity index (χ4n) is 6.99. The lowest BCUT2D eigenvalue weighted by Gasteiger charge is -2.31. The summed E-state index contributed by atoms with van der Waals surface area (Å²) in [6.07, 6.45) is 0. The highest BCUT2D eigenvalue weighted by Crippen LogP contribution is 2.56. The minimum absolute atomic E-state index is 0. The van der Waals surface area contributed by atoms with Crippen LogP contribution in [0, 0.1) is 0 Å². The quantitative estimate of drug-likeness (QED) is 0.185. The van der Waals surface area contributed by atoms with E-state index in [0.717, 1.165) is 11.4 Å². The van der Waals surface area contributed by atoms with Crippen LogP contribution in [-0.4, -0.2) is 8.41 Å². The summed E-state index contributed by atoms with van der Waals surface area (Å²) in [6.45, 7) is 4.73. The van der Waals surface area contributed by atoms with Crippen LogP contribution in [-0.2, 0) is 5.41 Å².